The molecule has 0 saturated carbocycles. The van der Waals surface area contributed by atoms with Crippen molar-refractivity contribution in [2.24, 2.45) is 5.73 Å². The third-order valence-corrected chi connectivity index (χ3v) is 1.67. The summed E-state index contributed by atoms with van der Waals surface area (Å²) >= 11 is 0. The average Bonchev–Trinajstić information content (AvgIpc) is 2.47. The minimum atomic E-state index is -0.464. The molecule has 0 spiro atoms. The van der Waals surface area contributed by atoms with Gasteiger partial charge in [0.25, 0.3) is 5.91 Å². The molecule has 14 heavy (non-hydrogen) atoms. The smallest absolute Gasteiger partial charge is 0.267 e. The van der Waals surface area contributed by atoms with Crippen molar-refractivity contribution in [3.8, 4) is 0 Å². The monoisotopic (exact) mass is 233 g/mol. The van der Waals surface area contributed by atoms with E-state index in [0.717, 1.165) is 5.65 Å². The largest absolute Gasteiger partial charge is 0.364 e. The first-order chi connectivity index (χ1) is 5.79. The molecule has 0 aliphatic rings. The van der Waals surface area contributed by atoms with Crippen molar-refractivity contribution < 1.29 is 4.79 Å². The number of carbonyl (C=O) groups excluding carboxylic acids is 1. The summed E-state index contributed by atoms with van der Waals surface area (Å²) in [7, 11) is 0. The minimum absolute atomic E-state index is 0. The van der Waals surface area contributed by atoms with Crippen LogP contribution in [0.2, 0.25) is 0 Å². The molecule has 6 heteroatoms. The number of hydrogen-bond donors (Lipinski definition) is 1. The van der Waals surface area contributed by atoms with Crippen LogP contribution in [-0.2, 0) is 0 Å². The second kappa shape index (κ2) is 4.83. The van der Waals surface area contributed by atoms with E-state index in [1.54, 1.807) is 10.6 Å². The van der Waals surface area contributed by atoms with Crippen LogP contribution in [0.4, 0.5) is 0 Å². The van der Waals surface area contributed by atoms with E-state index in [9.17, 15) is 4.79 Å². The molecule has 0 aliphatic heterocycles. The van der Waals surface area contributed by atoms with Crippen LogP contribution in [0.25, 0.3) is 5.65 Å². The second-order valence-electron chi connectivity index (χ2n) is 2.44. The quantitative estimate of drug-likeness (QED) is 0.807. The van der Waals surface area contributed by atoms with Crippen LogP contribution in [0, 0.1) is 0 Å². The van der Waals surface area contributed by atoms with Gasteiger partial charge >= 0.3 is 0 Å². The maximum absolute atomic E-state index is 10.8. The van der Waals surface area contributed by atoms with Gasteiger partial charge in [-0.1, -0.05) is 6.07 Å². The number of pyridine rings is 1. The van der Waals surface area contributed by atoms with Crippen LogP contribution in [-0.4, -0.2) is 15.3 Å². The van der Waals surface area contributed by atoms with Gasteiger partial charge in [0.05, 0.1) is 6.20 Å². The number of nitrogens with two attached hydrogens (primary N) is 1. The van der Waals surface area contributed by atoms with Gasteiger partial charge in [0.1, 0.15) is 11.3 Å². The lowest BCUT2D eigenvalue weighted by Gasteiger charge is -1.94. The lowest BCUT2D eigenvalue weighted by atomic mass is 10.4. The van der Waals surface area contributed by atoms with Crippen LogP contribution in [0.3, 0.4) is 0 Å². The Kier molecular flexibility index (Phi) is 4.40. The highest BCUT2D eigenvalue weighted by Crippen LogP contribution is 2.04. The number of amides is 1. The number of nitrogens with zero attached hydrogens (tertiary/aromatic N) is 2. The molecule has 2 rings (SSSR count). The molecule has 0 radical (unpaired) electrons. The van der Waals surface area contributed by atoms with Crippen LogP contribution in [0.5, 0.6) is 0 Å². The molecule has 0 aromatic carbocycles. The van der Waals surface area contributed by atoms with Crippen LogP contribution in [0.1, 0.15) is 10.5 Å². The van der Waals surface area contributed by atoms with Crippen molar-refractivity contribution >= 4 is 36.4 Å². The predicted molar refractivity (Wildman–Crippen MR) is 58.2 cm³/mol. The Bertz CT molecular complexity index is 441. The molecule has 0 aliphatic carbocycles. The molecule has 76 valence electrons. The molecule has 1 amide bonds. The van der Waals surface area contributed by atoms with Crippen molar-refractivity contribution in [2.45, 2.75) is 0 Å². The zero-order valence-electron chi connectivity index (χ0n) is 7.08. The zero-order chi connectivity index (χ0) is 8.55. The zero-order valence-corrected chi connectivity index (χ0v) is 8.72. The number of fused-ring (bicyclic) bond motifs is 1. The summed E-state index contributed by atoms with van der Waals surface area (Å²) in [6, 6.07) is 5.49. The molecule has 4 nitrogen and oxygen atoms in total. The van der Waals surface area contributed by atoms with Crippen LogP contribution >= 0.6 is 24.8 Å². The summed E-state index contributed by atoms with van der Waals surface area (Å²) in [6.45, 7) is 0. The van der Waals surface area contributed by atoms with Gasteiger partial charge in [-0.2, -0.15) is 0 Å². The second-order valence-corrected chi connectivity index (χ2v) is 2.44. The fraction of sp³-hybridized carbons (Fsp3) is 0. The molecule has 2 aromatic heterocycles. The molecule has 2 heterocycles. The normalized spacial score (nSPS) is 8.86. The number of rotatable bonds is 1. The summed E-state index contributed by atoms with van der Waals surface area (Å²) in [5.74, 6) is -0.464. The highest BCUT2D eigenvalue weighted by molar-refractivity contribution is 5.91. The Morgan fingerprint density at radius 1 is 1.36 bits per heavy atom. The molecule has 0 atom stereocenters. The lowest BCUT2D eigenvalue weighted by molar-refractivity contribution is 0.0995. The van der Waals surface area contributed by atoms with E-state index in [0.29, 0.717) is 5.69 Å². The molecular weight excluding hydrogens is 225 g/mol. The molecular formula is C8H9Cl2N3O. The van der Waals surface area contributed by atoms with Gasteiger partial charge in [-0.25, -0.2) is 4.98 Å². The fourth-order valence-corrected chi connectivity index (χ4v) is 1.11. The molecule has 2 N–H and O–H groups in total. The van der Waals surface area contributed by atoms with Crippen LogP contribution in [0.15, 0.2) is 30.6 Å². The van der Waals surface area contributed by atoms with Gasteiger partial charge in [-0.05, 0) is 12.1 Å². The number of imidazole rings is 1. The predicted octanol–water partition coefficient (Wildman–Crippen LogP) is 1.28. The van der Waals surface area contributed by atoms with Crippen molar-refractivity contribution in [3.63, 3.8) is 0 Å². The third kappa shape index (κ3) is 1.97. The van der Waals surface area contributed by atoms with E-state index in [-0.39, 0.29) is 24.8 Å². The SMILES string of the molecule is Cl.Cl.NC(=O)c1cnc2ccccn12. The summed E-state index contributed by atoms with van der Waals surface area (Å²) in [5, 5.41) is 0. The summed E-state index contributed by atoms with van der Waals surface area (Å²) in [5.41, 5.74) is 6.26. The van der Waals surface area contributed by atoms with Gasteiger partial charge in [0.15, 0.2) is 0 Å². The van der Waals surface area contributed by atoms with Crippen LogP contribution < -0.4 is 5.73 Å². The Morgan fingerprint density at radius 2 is 2.07 bits per heavy atom. The Labute approximate surface area is 92.9 Å². The first kappa shape index (κ1) is 12.7. The Hall–Kier alpha value is -1.26. The van der Waals surface area contributed by atoms with E-state index in [4.69, 9.17) is 5.73 Å². The summed E-state index contributed by atoms with van der Waals surface area (Å²) in [4.78, 5) is 14.8. The van der Waals surface area contributed by atoms with Gasteiger partial charge in [-0.15, -0.1) is 24.8 Å². The van der Waals surface area contributed by atoms with Crippen molar-refractivity contribution in [1.82, 2.24) is 9.38 Å². The molecule has 0 bridgehead atoms. The first-order valence-corrected chi connectivity index (χ1v) is 3.51. The van der Waals surface area contributed by atoms with E-state index >= 15 is 0 Å². The maximum atomic E-state index is 10.8. The standard InChI is InChI=1S/C8H7N3O.2ClH/c9-8(12)6-5-10-7-3-1-2-4-11(6)7;;/h1-5H,(H2,9,12);2*1H. The first-order valence-electron chi connectivity index (χ1n) is 3.51. The summed E-state index contributed by atoms with van der Waals surface area (Å²) in [6.07, 6.45) is 3.22. The molecule has 0 unspecified atom stereocenters. The molecule has 0 saturated heterocycles. The van der Waals surface area contributed by atoms with Crippen molar-refractivity contribution in [1.29, 1.82) is 0 Å². The topological polar surface area (TPSA) is 60.4 Å². The maximum Gasteiger partial charge on any atom is 0.267 e. The third-order valence-electron chi connectivity index (χ3n) is 1.67. The highest BCUT2D eigenvalue weighted by atomic mass is 35.5. The number of halogens is 2. The summed E-state index contributed by atoms with van der Waals surface area (Å²) < 4.78 is 1.66. The number of aromatic nitrogens is 2. The van der Waals surface area contributed by atoms with Crippen molar-refractivity contribution in [2.75, 3.05) is 0 Å². The highest BCUT2D eigenvalue weighted by Gasteiger charge is 2.05. The number of carbonyl (C=O) groups is 1. The Morgan fingerprint density at radius 3 is 2.71 bits per heavy atom. The molecule has 0 fully saturated rings. The van der Waals surface area contributed by atoms with E-state index in [2.05, 4.69) is 4.98 Å². The lowest BCUT2D eigenvalue weighted by Crippen LogP contribution is -2.13. The molecule has 2 aromatic rings. The van der Waals surface area contributed by atoms with Gasteiger partial charge < -0.3 is 5.73 Å². The fourth-order valence-electron chi connectivity index (χ4n) is 1.11. The van der Waals surface area contributed by atoms with Crippen molar-refractivity contribution in [3.05, 3.63) is 36.3 Å². The number of hydrogen-bond acceptors (Lipinski definition) is 2. The van der Waals surface area contributed by atoms with Gasteiger partial charge in [-0.3, -0.25) is 9.20 Å². The van der Waals surface area contributed by atoms with Gasteiger partial charge in [0.2, 0.25) is 0 Å². The minimum Gasteiger partial charge on any atom is -0.364 e. The number of primary amides is 1. The average molecular weight is 234 g/mol. The Balaban J connectivity index is 0.000000845. The van der Waals surface area contributed by atoms with E-state index < -0.39 is 5.91 Å². The van der Waals surface area contributed by atoms with E-state index in [1.807, 2.05) is 18.2 Å². The van der Waals surface area contributed by atoms with Gasteiger partial charge in [0, 0.05) is 6.20 Å². The van der Waals surface area contributed by atoms with E-state index in [1.165, 1.54) is 6.20 Å².